The molecular weight excluding hydrogens is 251 g/mol. The van der Waals surface area contributed by atoms with Crippen LogP contribution in [-0.2, 0) is 12.7 Å². The van der Waals surface area contributed by atoms with Gasteiger partial charge in [-0.05, 0) is 24.7 Å². The molecule has 0 aromatic carbocycles. The summed E-state index contributed by atoms with van der Waals surface area (Å²) in [5, 5.41) is 0. The molecule has 1 heterocycles. The maximum Gasteiger partial charge on any atom is 0.417 e. The SMILES string of the molecule is O=c1ccc(C(F)(F)F)cn1CCCCCS. The van der Waals surface area contributed by atoms with E-state index in [-0.39, 0.29) is 0 Å². The lowest BCUT2D eigenvalue weighted by Crippen LogP contribution is -2.21. The molecule has 0 amide bonds. The van der Waals surface area contributed by atoms with Crippen molar-refractivity contribution in [2.75, 3.05) is 5.75 Å². The maximum absolute atomic E-state index is 12.4. The lowest BCUT2D eigenvalue weighted by atomic mass is 10.2. The van der Waals surface area contributed by atoms with Crippen molar-refractivity contribution in [1.82, 2.24) is 4.57 Å². The number of hydrogen-bond acceptors (Lipinski definition) is 2. The minimum absolute atomic E-state index is 0.316. The van der Waals surface area contributed by atoms with E-state index < -0.39 is 17.3 Å². The van der Waals surface area contributed by atoms with Crippen LogP contribution in [0.3, 0.4) is 0 Å². The number of pyridine rings is 1. The first-order valence-corrected chi connectivity index (χ1v) is 5.97. The Labute approximate surface area is 103 Å². The summed E-state index contributed by atoms with van der Waals surface area (Å²) in [6.07, 6.45) is -1.09. The van der Waals surface area contributed by atoms with Gasteiger partial charge in [0.05, 0.1) is 5.56 Å². The highest BCUT2D eigenvalue weighted by atomic mass is 32.1. The number of unbranched alkanes of at least 4 members (excludes halogenated alkanes) is 2. The van der Waals surface area contributed by atoms with Crippen molar-refractivity contribution in [3.05, 3.63) is 34.2 Å². The second-order valence-electron chi connectivity index (χ2n) is 3.73. The lowest BCUT2D eigenvalue weighted by Gasteiger charge is -2.10. The summed E-state index contributed by atoms with van der Waals surface area (Å²) >= 11 is 4.04. The molecule has 1 aromatic rings. The Hall–Kier alpha value is -0.910. The highest BCUT2D eigenvalue weighted by Crippen LogP contribution is 2.28. The second-order valence-corrected chi connectivity index (χ2v) is 4.18. The fourth-order valence-corrected chi connectivity index (χ4v) is 1.67. The fraction of sp³-hybridized carbons (Fsp3) is 0.545. The molecule has 0 fully saturated rings. The summed E-state index contributed by atoms with van der Waals surface area (Å²) in [4.78, 5) is 11.3. The van der Waals surface area contributed by atoms with Crippen LogP contribution < -0.4 is 5.56 Å². The third-order valence-electron chi connectivity index (χ3n) is 2.37. The second kappa shape index (κ2) is 6.14. The first kappa shape index (κ1) is 14.2. The van der Waals surface area contributed by atoms with Crippen molar-refractivity contribution >= 4 is 12.6 Å². The van der Waals surface area contributed by atoms with E-state index in [1.807, 2.05) is 0 Å². The molecule has 0 bridgehead atoms. The first-order chi connectivity index (χ1) is 7.95. The van der Waals surface area contributed by atoms with Crippen LogP contribution in [-0.4, -0.2) is 10.3 Å². The molecule has 0 aliphatic carbocycles. The molecule has 1 rings (SSSR count). The minimum Gasteiger partial charge on any atom is -0.315 e. The van der Waals surface area contributed by atoms with E-state index in [1.54, 1.807) is 0 Å². The number of hydrogen-bond donors (Lipinski definition) is 1. The average molecular weight is 265 g/mol. The van der Waals surface area contributed by atoms with Gasteiger partial charge in [-0.3, -0.25) is 4.79 Å². The van der Waals surface area contributed by atoms with Crippen LogP contribution in [0.2, 0.25) is 0 Å². The first-order valence-electron chi connectivity index (χ1n) is 5.33. The van der Waals surface area contributed by atoms with Gasteiger partial charge in [0, 0.05) is 18.8 Å². The Morgan fingerprint density at radius 1 is 1.18 bits per heavy atom. The standard InChI is InChI=1S/C11H14F3NOS/c12-11(13,14)9-4-5-10(16)15(8-9)6-2-1-3-7-17/h4-5,8,17H,1-3,6-7H2. The zero-order valence-corrected chi connectivity index (χ0v) is 10.1. The van der Waals surface area contributed by atoms with Crippen molar-refractivity contribution < 1.29 is 13.2 Å². The van der Waals surface area contributed by atoms with Crippen LogP contribution in [0.15, 0.2) is 23.1 Å². The Morgan fingerprint density at radius 2 is 1.88 bits per heavy atom. The molecule has 96 valence electrons. The molecule has 6 heteroatoms. The zero-order chi connectivity index (χ0) is 12.9. The molecule has 0 unspecified atom stereocenters. The van der Waals surface area contributed by atoms with E-state index in [2.05, 4.69) is 12.6 Å². The van der Waals surface area contributed by atoms with E-state index >= 15 is 0 Å². The van der Waals surface area contributed by atoms with Gasteiger partial charge in [-0.25, -0.2) is 0 Å². The summed E-state index contributed by atoms with van der Waals surface area (Å²) in [7, 11) is 0. The molecule has 0 radical (unpaired) electrons. The normalized spacial score (nSPS) is 11.8. The quantitative estimate of drug-likeness (QED) is 0.641. The van der Waals surface area contributed by atoms with Gasteiger partial charge in [0.2, 0.25) is 0 Å². The molecule has 1 aromatic heterocycles. The van der Waals surface area contributed by atoms with Crippen LogP contribution >= 0.6 is 12.6 Å². The van der Waals surface area contributed by atoms with E-state index in [9.17, 15) is 18.0 Å². The van der Waals surface area contributed by atoms with E-state index in [4.69, 9.17) is 0 Å². The summed E-state index contributed by atoms with van der Waals surface area (Å²) in [6.45, 7) is 0.316. The Kier molecular flexibility index (Phi) is 5.11. The molecule has 0 aliphatic heterocycles. The Morgan fingerprint density at radius 3 is 2.47 bits per heavy atom. The summed E-state index contributed by atoms with van der Waals surface area (Å²) in [6, 6.07) is 1.77. The summed E-state index contributed by atoms with van der Waals surface area (Å²) < 4.78 is 38.4. The van der Waals surface area contributed by atoms with Crippen LogP contribution in [0.1, 0.15) is 24.8 Å². The van der Waals surface area contributed by atoms with Gasteiger partial charge < -0.3 is 4.57 Å². The third-order valence-corrected chi connectivity index (χ3v) is 2.68. The maximum atomic E-state index is 12.4. The predicted octanol–water partition coefficient (Wildman–Crippen LogP) is 2.97. The van der Waals surface area contributed by atoms with Crippen molar-refractivity contribution in [3.63, 3.8) is 0 Å². The number of nitrogens with zero attached hydrogens (tertiary/aromatic N) is 1. The van der Waals surface area contributed by atoms with Gasteiger partial charge in [0.15, 0.2) is 0 Å². The van der Waals surface area contributed by atoms with Gasteiger partial charge in [0.1, 0.15) is 0 Å². The van der Waals surface area contributed by atoms with Crippen LogP contribution in [0.4, 0.5) is 13.2 Å². The third kappa shape index (κ3) is 4.46. The zero-order valence-electron chi connectivity index (χ0n) is 9.20. The van der Waals surface area contributed by atoms with E-state index in [0.29, 0.717) is 13.0 Å². The number of alkyl halides is 3. The molecule has 2 nitrogen and oxygen atoms in total. The molecule has 0 N–H and O–H groups in total. The number of rotatable bonds is 5. The number of thiol groups is 1. The number of halogens is 3. The summed E-state index contributed by atoms with van der Waals surface area (Å²) in [5.41, 5.74) is -1.19. The van der Waals surface area contributed by atoms with Crippen LogP contribution in [0.25, 0.3) is 0 Å². The molecular formula is C11H14F3NOS. The highest BCUT2D eigenvalue weighted by Gasteiger charge is 2.30. The van der Waals surface area contributed by atoms with Crippen molar-refractivity contribution in [2.24, 2.45) is 0 Å². The van der Waals surface area contributed by atoms with Crippen molar-refractivity contribution in [3.8, 4) is 0 Å². The minimum atomic E-state index is -4.40. The van der Waals surface area contributed by atoms with Crippen LogP contribution in [0.5, 0.6) is 0 Å². The lowest BCUT2D eigenvalue weighted by molar-refractivity contribution is -0.138. The molecule has 0 spiro atoms. The Bertz CT molecular complexity index is 414. The molecule has 0 saturated carbocycles. The average Bonchev–Trinajstić information content (AvgIpc) is 2.25. The topological polar surface area (TPSA) is 22.0 Å². The fourth-order valence-electron chi connectivity index (χ4n) is 1.44. The molecule has 17 heavy (non-hydrogen) atoms. The van der Waals surface area contributed by atoms with Gasteiger partial charge in [-0.15, -0.1) is 0 Å². The molecule has 0 atom stereocenters. The van der Waals surface area contributed by atoms with Crippen molar-refractivity contribution in [2.45, 2.75) is 32.0 Å². The van der Waals surface area contributed by atoms with Gasteiger partial charge in [-0.2, -0.15) is 25.8 Å². The predicted molar refractivity (Wildman–Crippen MR) is 63.4 cm³/mol. The Balaban J connectivity index is 2.74. The van der Waals surface area contributed by atoms with Crippen LogP contribution in [0, 0.1) is 0 Å². The molecule has 0 saturated heterocycles. The van der Waals surface area contributed by atoms with E-state index in [1.165, 1.54) is 0 Å². The van der Waals surface area contributed by atoms with E-state index in [0.717, 1.165) is 41.5 Å². The van der Waals surface area contributed by atoms with Crippen molar-refractivity contribution in [1.29, 1.82) is 0 Å². The number of aromatic nitrogens is 1. The smallest absolute Gasteiger partial charge is 0.315 e. The summed E-state index contributed by atoms with van der Waals surface area (Å²) in [5.74, 6) is 0.748. The van der Waals surface area contributed by atoms with Gasteiger partial charge in [-0.1, -0.05) is 6.42 Å². The number of aryl methyl sites for hydroxylation is 1. The highest BCUT2D eigenvalue weighted by molar-refractivity contribution is 7.80. The largest absolute Gasteiger partial charge is 0.417 e. The molecule has 0 aliphatic rings. The van der Waals surface area contributed by atoms with Gasteiger partial charge >= 0.3 is 6.18 Å². The van der Waals surface area contributed by atoms with Gasteiger partial charge in [0.25, 0.3) is 5.56 Å². The monoisotopic (exact) mass is 265 g/mol.